The first-order valence-corrected chi connectivity index (χ1v) is 7.99. The molecule has 0 radical (unpaired) electrons. The lowest BCUT2D eigenvalue weighted by molar-refractivity contribution is -0.0795. The van der Waals surface area contributed by atoms with Crippen molar-refractivity contribution in [1.82, 2.24) is 0 Å². The summed E-state index contributed by atoms with van der Waals surface area (Å²) in [6, 6.07) is 2.13. The lowest BCUT2D eigenvalue weighted by atomic mass is 9.64. The highest BCUT2D eigenvalue weighted by atomic mass is 32.2. The van der Waals surface area contributed by atoms with Gasteiger partial charge in [0.25, 0.3) is 0 Å². The number of aliphatic hydroxyl groups is 1. The lowest BCUT2D eigenvalue weighted by Crippen LogP contribution is -2.50. The Bertz CT molecular complexity index is 443. The van der Waals surface area contributed by atoms with Gasteiger partial charge in [-0.2, -0.15) is 5.26 Å². The molecule has 0 aromatic rings. The van der Waals surface area contributed by atoms with Gasteiger partial charge >= 0.3 is 0 Å². The van der Waals surface area contributed by atoms with Crippen LogP contribution in [0.2, 0.25) is 0 Å². The molecule has 1 aliphatic carbocycles. The zero-order valence-electron chi connectivity index (χ0n) is 10.1. The molecule has 1 N–H and O–H groups in total. The average molecular weight is 257 g/mol. The van der Waals surface area contributed by atoms with Crippen molar-refractivity contribution in [2.75, 3.05) is 11.5 Å². The largest absolute Gasteiger partial charge is 0.388 e. The second kappa shape index (κ2) is 3.96. The first-order chi connectivity index (χ1) is 7.83. The fourth-order valence-corrected chi connectivity index (χ4v) is 5.16. The maximum absolute atomic E-state index is 11.6. The van der Waals surface area contributed by atoms with E-state index in [9.17, 15) is 18.8 Å². The topological polar surface area (TPSA) is 78.2 Å². The molecule has 2 fully saturated rings. The summed E-state index contributed by atoms with van der Waals surface area (Å²) in [6.45, 7) is 2.13. The number of hydrogen-bond acceptors (Lipinski definition) is 4. The Hall–Kier alpha value is -0.600. The van der Waals surface area contributed by atoms with E-state index in [2.05, 4.69) is 13.0 Å². The minimum Gasteiger partial charge on any atom is -0.388 e. The quantitative estimate of drug-likeness (QED) is 0.767. The van der Waals surface area contributed by atoms with Crippen LogP contribution in [-0.4, -0.2) is 30.6 Å². The van der Waals surface area contributed by atoms with Gasteiger partial charge in [0.1, 0.15) is 5.41 Å². The van der Waals surface area contributed by atoms with E-state index in [1.807, 2.05) is 0 Å². The van der Waals surface area contributed by atoms with Crippen molar-refractivity contribution in [3.63, 3.8) is 0 Å². The van der Waals surface area contributed by atoms with Crippen LogP contribution in [0, 0.1) is 22.7 Å². The van der Waals surface area contributed by atoms with Crippen molar-refractivity contribution < 1.29 is 13.5 Å². The predicted molar refractivity (Wildman–Crippen MR) is 63.9 cm³/mol. The second-order valence-corrected chi connectivity index (χ2v) is 7.93. The van der Waals surface area contributed by atoms with Crippen molar-refractivity contribution >= 4 is 9.84 Å². The summed E-state index contributed by atoms with van der Waals surface area (Å²) in [7, 11) is -3.15. The molecule has 1 atom stereocenters. The third-order valence-electron chi connectivity index (χ3n) is 4.51. The molecule has 1 heterocycles. The average Bonchev–Trinajstić information content (AvgIpc) is 2.61. The van der Waals surface area contributed by atoms with E-state index in [1.54, 1.807) is 0 Å². The molecule has 17 heavy (non-hydrogen) atoms. The molecule has 5 heteroatoms. The number of rotatable bonds is 1. The van der Waals surface area contributed by atoms with Crippen LogP contribution >= 0.6 is 0 Å². The molecule has 0 aromatic heterocycles. The maximum Gasteiger partial charge on any atom is 0.152 e. The first-order valence-electron chi connectivity index (χ1n) is 6.17. The van der Waals surface area contributed by atoms with Crippen LogP contribution in [0.25, 0.3) is 0 Å². The Labute approximate surface area is 103 Å². The van der Waals surface area contributed by atoms with Crippen LogP contribution in [0.1, 0.15) is 39.0 Å². The highest BCUT2D eigenvalue weighted by Gasteiger charge is 2.57. The standard InChI is InChI=1S/C12H19NO3S/c1-10-2-4-12(14,5-3-10)11(8-13)6-7-17(15,16)9-11/h10,14H,2-7,9H2,1H3. The molecule has 4 nitrogen and oxygen atoms in total. The summed E-state index contributed by atoms with van der Waals surface area (Å²) < 4.78 is 23.2. The predicted octanol–water partition coefficient (Wildman–Crippen LogP) is 1.26. The summed E-state index contributed by atoms with van der Waals surface area (Å²) in [5.74, 6) is 0.434. The molecule has 1 aliphatic heterocycles. The van der Waals surface area contributed by atoms with Gasteiger partial charge in [0, 0.05) is 0 Å². The number of hydrogen-bond donors (Lipinski definition) is 1. The van der Waals surface area contributed by atoms with Gasteiger partial charge in [0.05, 0.1) is 23.2 Å². The molecule has 0 bridgehead atoms. The van der Waals surface area contributed by atoms with Gasteiger partial charge in [-0.05, 0) is 38.0 Å². The summed E-state index contributed by atoms with van der Waals surface area (Å²) in [6.07, 6.45) is 3.14. The third-order valence-corrected chi connectivity index (χ3v) is 6.27. The highest BCUT2D eigenvalue weighted by molar-refractivity contribution is 7.91. The van der Waals surface area contributed by atoms with Gasteiger partial charge in [0.2, 0.25) is 0 Å². The number of nitriles is 1. The molecule has 2 rings (SSSR count). The van der Waals surface area contributed by atoms with Crippen molar-refractivity contribution in [3.05, 3.63) is 0 Å². The van der Waals surface area contributed by atoms with E-state index in [-0.39, 0.29) is 17.9 Å². The molecule has 1 saturated heterocycles. The summed E-state index contributed by atoms with van der Waals surface area (Å²) in [4.78, 5) is 0. The Morgan fingerprint density at radius 3 is 2.29 bits per heavy atom. The zero-order chi connectivity index (χ0) is 12.7. The molecule has 2 aliphatic rings. The SMILES string of the molecule is CC1CCC(O)(C2(C#N)CCS(=O)(=O)C2)CC1. The van der Waals surface area contributed by atoms with Crippen molar-refractivity contribution in [1.29, 1.82) is 5.26 Å². The Kier molecular flexibility index (Phi) is 2.99. The van der Waals surface area contributed by atoms with E-state index in [0.29, 0.717) is 18.8 Å². The molecule has 96 valence electrons. The molecular weight excluding hydrogens is 238 g/mol. The van der Waals surface area contributed by atoms with E-state index in [1.165, 1.54) is 0 Å². The molecule has 0 aromatic carbocycles. The first kappa shape index (κ1) is 12.8. The van der Waals surface area contributed by atoms with Gasteiger partial charge < -0.3 is 5.11 Å². The summed E-state index contributed by atoms with van der Waals surface area (Å²) >= 11 is 0. The van der Waals surface area contributed by atoms with E-state index < -0.39 is 20.9 Å². The zero-order valence-corrected chi connectivity index (χ0v) is 11.0. The Balaban J connectivity index is 2.28. The van der Waals surface area contributed by atoms with Crippen LogP contribution in [0.4, 0.5) is 0 Å². The Morgan fingerprint density at radius 2 is 1.88 bits per heavy atom. The lowest BCUT2D eigenvalue weighted by Gasteiger charge is -2.43. The minimum absolute atomic E-state index is 0.0401. The Morgan fingerprint density at radius 1 is 1.29 bits per heavy atom. The molecule has 0 spiro atoms. The fraction of sp³-hybridized carbons (Fsp3) is 0.917. The summed E-state index contributed by atoms with van der Waals surface area (Å²) in [5, 5.41) is 20.0. The molecule has 1 unspecified atom stereocenters. The van der Waals surface area contributed by atoms with E-state index in [0.717, 1.165) is 12.8 Å². The molecule has 0 amide bonds. The van der Waals surface area contributed by atoms with Crippen LogP contribution < -0.4 is 0 Å². The van der Waals surface area contributed by atoms with Crippen molar-refractivity contribution in [3.8, 4) is 6.07 Å². The van der Waals surface area contributed by atoms with Crippen LogP contribution in [0.3, 0.4) is 0 Å². The fourth-order valence-electron chi connectivity index (χ4n) is 3.13. The van der Waals surface area contributed by atoms with E-state index in [4.69, 9.17) is 0 Å². The van der Waals surface area contributed by atoms with Gasteiger partial charge in [0.15, 0.2) is 9.84 Å². The summed E-state index contributed by atoms with van der Waals surface area (Å²) in [5.41, 5.74) is -2.16. The second-order valence-electron chi connectivity index (χ2n) is 5.75. The van der Waals surface area contributed by atoms with Crippen LogP contribution in [0.5, 0.6) is 0 Å². The van der Waals surface area contributed by atoms with Gasteiger partial charge in [-0.25, -0.2) is 8.42 Å². The molecule has 1 saturated carbocycles. The van der Waals surface area contributed by atoms with Gasteiger partial charge in [-0.1, -0.05) is 6.92 Å². The van der Waals surface area contributed by atoms with Crippen molar-refractivity contribution in [2.45, 2.75) is 44.6 Å². The smallest absolute Gasteiger partial charge is 0.152 e. The van der Waals surface area contributed by atoms with Gasteiger partial charge in [-0.3, -0.25) is 0 Å². The van der Waals surface area contributed by atoms with Crippen LogP contribution in [0.15, 0.2) is 0 Å². The maximum atomic E-state index is 11.6. The minimum atomic E-state index is -3.15. The van der Waals surface area contributed by atoms with E-state index >= 15 is 0 Å². The molecular formula is C12H19NO3S. The van der Waals surface area contributed by atoms with Gasteiger partial charge in [-0.15, -0.1) is 0 Å². The monoisotopic (exact) mass is 257 g/mol. The normalized spacial score (nSPS) is 45.4. The third kappa shape index (κ3) is 2.09. The highest BCUT2D eigenvalue weighted by Crippen LogP contribution is 2.49. The van der Waals surface area contributed by atoms with Crippen LogP contribution in [-0.2, 0) is 9.84 Å². The number of nitrogens with zero attached hydrogens (tertiary/aromatic N) is 1. The van der Waals surface area contributed by atoms with Crippen molar-refractivity contribution in [2.24, 2.45) is 11.3 Å². The number of sulfone groups is 1.